The van der Waals surface area contributed by atoms with Crippen molar-refractivity contribution in [2.24, 2.45) is 17.6 Å². The van der Waals surface area contributed by atoms with Crippen molar-refractivity contribution in [1.82, 2.24) is 25.8 Å². The number of hydrogen-bond acceptors (Lipinski definition) is 21. The lowest BCUT2D eigenvalue weighted by Gasteiger charge is -2.43. The number of methoxy groups -OCH3 is 1. The molecule has 0 radical (unpaired) electrons. The van der Waals surface area contributed by atoms with E-state index in [0.29, 0.717) is 50.1 Å². The summed E-state index contributed by atoms with van der Waals surface area (Å²) in [4.78, 5) is 148. The lowest BCUT2D eigenvalue weighted by atomic mass is 9.72. The molecule has 6 aliphatic rings. The van der Waals surface area contributed by atoms with E-state index in [9.17, 15) is 68.1 Å². The molecule has 1 unspecified atom stereocenters. The number of nitrogens with one attached hydrogen (secondary N) is 5. The van der Waals surface area contributed by atoms with E-state index in [0.717, 1.165) is 11.8 Å². The van der Waals surface area contributed by atoms with Crippen LogP contribution in [0.5, 0.6) is 11.5 Å². The molecular formula is C64H78N8O20. The summed E-state index contributed by atoms with van der Waals surface area (Å²) < 4.78 is 35.8. The van der Waals surface area contributed by atoms with E-state index in [4.69, 9.17) is 34.2 Å². The summed E-state index contributed by atoms with van der Waals surface area (Å²) in [7, 11) is 1.51. The molecule has 494 valence electrons. The van der Waals surface area contributed by atoms with Gasteiger partial charge in [0.2, 0.25) is 17.7 Å². The molecule has 2 aliphatic carbocycles. The summed E-state index contributed by atoms with van der Waals surface area (Å²) in [5, 5.41) is 49.1. The molecule has 0 bridgehead atoms. The zero-order valence-electron chi connectivity index (χ0n) is 51.9. The number of nitrogens with zero attached hydrogens (tertiary/aromatic N) is 2. The first-order valence-electron chi connectivity index (χ1n) is 30.7. The Bertz CT molecular complexity index is 3430. The van der Waals surface area contributed by atoms with E-state index in [-0.39, 0.29) is 109 Å². The number of ketones is 4. The molecule has 8 amide bonds. The minimum atomic E-state index is -2.14. The Hall–Kier alpha value is -8.51. The zero-order valence-corrected chi connectivity index (χ0v) is 51.9. The van der Waals surface area contributed by atoms with E-state index in [1.165, 1.54) is 56.5 Å². The number of primary amides is 1. The van der Waals surface area contributed by atoms with Crippen LogP contribution < -0.4 is 32.3 Å². The number of aliphatic hydroxyl groups is 1. The fourth-order valence-electron chi connectivity index (χ4n) is 12.7. The average molecular weight is 1280 g/mol. The SMILES string of the molecule is CO[C@H]1OCCN2[C@@H]1O[C@@H]1[C@H](C)OC(O[C@H]3C[C@](O)(C(C)=O)Cc4c(O)c5c(c(O)c43)C(=O)c3c(NC(=O)[C@H](C)NC(=O)OCc4ccc(NC(=O)[C@H](CCCNC(N)=O)CC(=O)[C@@H](NC(=O)CCCCCN6C(=O)C=CC6=O)C(C)C)cc4)cccc3C5=O)C[C@@H]12. The molecule has 92 heavy (non-hydrogen) atoms. The third kappa shape index (κ3) is 14.9. The minimum absolute atomic E-state index is 0.0958. The van der Waals surface area contributed by atoms with Crippen LogP contribution in [0.25, 0.3) is 0 Å². The van der Waals surface area contributed by atoms with Crippen molar-refractivity contribution in [3.05, 3.63) is 93.6 Å². The number of urea groups is 1. The van der Waals surface area contributed by atoms with Gasteiger partial charge in [-0.2, -0.15) is 0 Å². The van der Waals surface area contributed by atoms with Crippen LogP contribution >= 0.6 is 0 Å². The first-order valence-corrected chi connectivity index (χ1v) is 30.7. The molecule has 28 heteroatoms. The lowest BCUT2D eigenvalue weighted by Crippen LogP contribution is -2.55. The molecule has 28 nitrogen and oxygen atoms in total. The van der Waals surface area contributed by atoms with Gasteiger partial charge in [-0.1, -0.05) is 44.5 Å². The van der Waals surface area contributed by atoms with E-state index in [2.05, 4.69) is 31.5 Å². The Morgan fingerprint density at radius 3 is 2.25 bits per heavy atom. The molecule has 9 rings (SSSR count). The van der Waals surface area contributed by atoms with E-state index >= 15 is 0 Å². The minimum Gasteiger partial charge on any atom is -0.507 e. The highest BCUT2D eigenvalue weighted by Crippen LogP contribution is 2.53. The molecule has 0 saturated carbocycles. The molecule has 4 heterocycles. The molecule has 11 atom stereocenters. The van der Waals surface area contributed by atoms with E-state index < -0.39 is 137 Å². The third-order valence-electron chi connectivity index (χ3n) is 17.6. The van der Waals surface area contributed by atoms with Crippen molar-refractivity contribution in [2.75, 3.05) is 44.0 Å². The van der Waals surface area contributed by atoms with Crippen molar-refractivity contribution in [1.29, 1.82) is 0 Å². The fraction of sp³-hybridized carbons (Fsp3) is 0.516. The van der Waals surface area contributed by atoms with Gasteiger partial charge in [-0.15, -0.1) is 0 Å². The molecule has 10 N–H and O–H groups in total. The maximum Gasteiger partial charge on any atom is 0.408 e. The zero-order chi connectivity index (χ0) is 66.5. The van der Waals surface area contributed by atoms with Crippen molar-refractivity contribution in [3.63, 3.8) is 0 Å². The number of carbonyl (C=O) groups excluding carboxylic acids is 11. The first-order chi connectivity index (χ1) is 43.8. The standard InChI is InChI=1S/C64H78N8O20/c1-31(2)52(70-44(75)15-8-7-9-23-72-45(76)20-21-46(72)77)42(74)26-36(12-11-22-66-62(65)84)59(83)68-37-18-16-35(17-19-37)30-89-63(85)67-32(3)58(82)69-40-14-10-13-38-48(40)55(80)51-50(53(38)78)54(79)39-28-64(86,34(5)73)29-43(49(39)56(51)81)91-47-27-41-57(33(4)90-47)92-60-61(87-6)88-25-24-71(41)60/h10,13-14,16-21,31-33,36,41,43,47,52,57,60-61,79,81,86H,7-9,11-12,15,22-30H2,1-6H3,(H,67,85)(H,68,83)(H,69,82)(H,70,75)(H3,65,66,84)/t32-,33-,36+,41-,43-,47?,52-,57+,60+,61-,64-/m0/s1. The van der Waals surface area contributed by atoms with Crippen LogP contribution in [0, 0.1) is 11.8 Å². The maximum absolute atomic E-state index is 14.8. The van der Waals surface area contributed by atoms with Gasteiger partial charge < -0.3 is 76.1 Å². The predicted molar refractivity (Wildman–Crippen MR) is 323 cm³/mol. The molecule has 3 saturated heterocycles. The largest absolute Gasteiger partial charge is 0.507 e. The number of imide groups is 1. The van der Waals surface area contributed by atoms with Gasteiger partial charge in [-0.25, -0.2) is 9.59 Å². The Kier molecular flexibility index (Phi) is 21.4. The Morgan fingerprint density at radius 2 is 1.57 bits per heavy atom. The quantitative estimate of drug-likeness (QED) is 0.0246. The van der Waals surface area contributed by atoms with E-state index in [1.807, 2.05) is 0 Å². The number of anilines is 2. The molecule has 0 spiro atoms. The molecule has 3 aromatic carbocycles. The van der Waals surface area contributed by atoms with Gasteiger partial charge in [-0.05, 0) is 76.1 Å². The molecule has 4 aliphatic heterocycles. The Morgan fingerprint density at radius 1 is 0.848 bits per heavy atom. The van der Waals surface area contributed by atoms with Crippen LogP contribution in [0.15, 0.2) is 54.6 Å². The van der Waals surface area contributed by atoms with Crippen LogP contribution in [0.1, 0.15) is 147 Å². The number of nitrogens with two attached hydrogens (primary N) is 1. The van der Waals surface area contributed by atoms with Gasteiger partial charge in [0.25, 0.3) is 11.8 Å². The van der Waals surface area contributed by atoms with Crippen molar-refractivity contribution >= 4 is 76.2 Å². The van der Waals surface area contributed by atoms with Crippen LogP contribution in [-0.2, 0) is 75.0 Å². The first kappa shape index (κ1) is 67.9. The van der Waals surface area contributed by atoms with Crippen LogP contribution in [0.4, 0.5) is 21.0 Å². The number of hydrogen-bond donors (Lipinski definition) is 9. The molecular weight excluding hydrogens is 1200 g/mol. The van der Waals surface area contributed by atoms with Gasteiger partial charge >= 0.3 is 12.1 Å². The van der Waals surface area contributed by atoms with Gasteiger partial charge in [0.1, 0.15) is 35.9 Å². The summed E-state index contributed by atoms with van der Waals surface area (Å²) in [6.07, 6.45) is -2.06. The Balaban J connectivity index is 0.802. The summed E-state index contributed by atoms with van der Waals surface area (Å²) in [5.41, 5.74) is 1.61. The van der Waals surface area contributed by atoms with E-state index in [1.54, 1.807) is 32.9 Å². The highest BCUT2D eigenvalue weighted by Gasteiger charge is 2.55. The highest BCUT2D eigenvalue weighted by atomic mass is 16.7. The van der Waals surface area contributed by atoms with Crippen LogP contribution in [-0.4, -0.2) is 178 Å². The second-order valence-electron chi connectivity index (χ2n) is 24.3. The van der Waals surface area contributed by atoms with Crippen molar-refractivity contribution in [3.8, 4) is 11.5 Å². The number of morpholine rings is 1. The number of Topliss-reactive ketones (excluding diaryl/α,β-unsaturated/α-hetero) is 2. The monoisotopic (exact) mass is 1280 g/mol. The molecule has 3 aromatic rings. The molecule has 0 aromatic heterocycles. The van der Waals surface area contributed by atoms with Crippen molar-refractivity contribution in [2.45, 2.75) is 166 Å². The van der Waals surface area contributed by atoms with Crippen LogP contribution in [0.3, 0.4) is 0 Å². The number of aromatic hydroxyl groups is 2. The maximum atomic E-state index is 14.8. The van der Waals surface area contributed by atoms with Gasteiger partial charge in [-0.3, -0.25) is 53.0 Å². The van der Waals surface area contributed by atoms with Gasteiger partial charge in [0.05, 0.1) is 47.2 Å². The second kappa shape index (κ2) is 29.0. The summed E-state index contributed by atoms with van der Waals surface area (Å²) in [6.45, 7) is 8.77. The number of unbranched alkanes of at least 4 members (excludes halogenated alkanes) is 2. The summed E-state index contributed by atoms with van der Waals surface area (Å²) in [6, 6.07) is 6.97. The van der Waals surface area contributed by atoms with Gasteiger partial charge in [0.15, 0.2) is 41.9 Å². The Labute approximate surface area is 529 Å². The number of phenolic OH excluding ortho intramolecular Hbond substituents is 2. The topological polar surface area (TPSA) is 396 Å². The summed E-state index contributed by atoms with van der Waals surface area (Å²) in [5.74, 6) is -8.16. The number of fused-ring (bicyclic) bond motifs is 6. The normalized spacial score (nSPS) is 24.1. The number of carbonyl (C=O) groups is 11. The number of amides is 8. The number of benzene rings is 3. The number of phenols is 2. The number of alkyl carbamates (subject to hydrolysis) is 1. The van der Waals surface area contributed by atoms with Crippen LogP contribution in [0.2, 0.25) is 0 Å². The summed E-state index contributed by atoms with van der Waals surface area (Å²) >= 11 is 0. The lowest BCUT2D eigenvalue weighted by molar-refractivity contribution is -0.256. The van der Waals surface area contributed by atoms with Gasteiger partial charge in [0, 0.05) is 105 Å². The van der Waals surface area contributed by atoms with Crippen molar-refractivity contribution < 1.29 is 96.5 Å². The fourth-order valence-corrected chi connectivity index (χ4v) is 12.7. The average Bonchev–Trinajstić information content (AvgIpc) is 0.894. The number of ether oxygens (including phenoxy) is 6. The smallest absolute Gasteiger partial charge is 0.408 e. The highest BCUT2D eigenvalue weighted by molar-refractivity contribution is 6.32. The predicted octanol–water partition coefficient (Wildman–Crippen LogP) is 3.57. The molecule has 3 fully saturated rings. The number of rotatable bonds is 26. The third-order valence-corrected chi connectivity index (χ3v) is 17.6. The second-order valence-corrected chi connectivity index (χ2v) is 24.3.